The van der Waals surface area contributed by atoms with Gasteiger partial charge in [0.05, 0.1) is 11.4 Å². The monoisotopic (exact) mass is 286 g/mol. The van der Waals surface area contributed by atoms with E-state index < -0.39 is 5.82 Å². The molecule has 0 aliphatic heterocycles. The summed E-state index contributed by atoms with van der Waals surface area (Å²) >= 11 is 6.86. The van der Waals surface area contributed by atoms with Crippen molar-refractivity contribution in [2.24, 2.45) is 0 Å². The average molecular weight is 287 g/mol. The first-order chi connectivity index (χ1) is 8.58. The summed E-state index contributed by atoms with van der Waals surface area (Å²) in [5, 5.41) is -0.202. The van der Waals surface area contributed by atoms with E-state index in [0.717, 1.165) is 0 Å². The lowest BCUT2D eigenvalue weighted by Gasteiger charge is -2.04. The van der Waals surface area contributed by atoms with Crippen LogP contribution in [0.4, 0.5) is 8.78 Å². The Balaban J connectivity index is 2.14. The van der Waals surface area contributed by atoms with Gasteiger partial charge in [-0.15, -0.1) is 11.8 Å². The van der Waals surface area contributed by atoms with Crippen molar-refractivity contribution >= 4 is 23.4 Å². The van der Waals surface area contributed by atoms with E-state index in [-0.39, 0.29) is 16.7 Å². The van der Waals surface area contributed by atoms with E-state index in [2.05, 4.69) is 9.97 Å². The number of benzene rings is 1. The second-order valence-corrected chi connectivity index (χ2v) is 4.92. The van der Waals surface area contributed by atoms with Crippen LogP contribution in [0, 0.1) is 18.6 Å². The van der Waals surface area contributed by atoms with Crippen molar-refractivity contribution in [1.29, 1.82) is 0 Å². The number of rotatable bonds is 3. The van der Waals surface area contributed by atoms with E-state index in [9.17, 15) is 8.78 Å². The second-order valence-electron chi connectivity index (χ2n) is 3.55. The van der Waals surface area contributed by atoms with Gasteiger partial charge in [0.25, 0.3) is 0 Å². The van der Waals surface area contributed by atoms with Gasteiger partial charge in [0.15, 0.2) is 11.0 Å². The molecular formula is C12H9ClF2N2S. The van der Waals surface area contributed by atoms with E-state index in [1.165, 1.54) is 24.8 Å². The third-order valence-electron chi connectivity index (χ3n) is 2.22. The molecule has 2 nitrogen and oxygen atoms in total. The molecule has 0 aliphatic carbocycles. The number of nitrogens with zero attached hydrogens (tertiary/aromatic N) is 2. The van der Waals surface area contributed by atoms with Gasteiger partial charge in [-0.3, -0.25) is 0 Å². The number of halogens is 3. The van der Waals surface area contributed by atoms with Crippen molar-refractivity contribution in [3.8, 4) is 0 Å². The van der Waals surface area contributed by atoms with Gasteiger partial charge in [-0.2, -0.15) is 0 Å². The molecule has 0 saturated heterocycles. The van der Waals surface area contributed by atoms with Crippen LogP contribution < -0.4 is 0 Å². The van der Waals surface area contributed by atoms with Crippen molar-refractivity contribution in [2.75, 3.05) is 0 Å². The van der Waals surface area contributed by atoms with Crippen molar-refractivity contribution < 1.29 is 8.78 Å². The Bertz CT molecular complexity index is 555. The van der Waals surface area contributed by atoms with Gasteiger partial charge in [-0.05, 0) is 19.1 Å². The van der Waals surface area contributed by atoms with Gasteiger partial charge >= 0.3 is 0 Å². The molecule has 18 heavy (non-hydrogen) atoms. The molecule has 0 atom stereocenters. The Hall–Kier alpha value is -1.20. The quantitative estimate of drug-likeness (QED) is 0.630. The van der Waals surface area contributed by atoms with Crippen LogP contribution in [0.2, 0.25) is 5.15 Å². The summed E-state index contributed by atoms with van der Waals surface area (Å²) in [5.41, 5.74) is 0.194. The minimum atomic E-state index is -0.615. The van der Waals surface area contributed by atoms with Gasteiger partial charge in [0.2, 0.25) is 0 Å². The number of hydrogen-bond acceptors (Lipinski definition) is 3. The van der Waals surface area contributed by atoms with Gasteiger partial charge in [-0.25, -0.2) is 18.7 Å². The molecule has 2 rings (SSSR count). The van der Waals surface area contributed by atoms with E-state index in [0.29, 0.717) is 16.5 Å². The highest BCUT2D eigenvalue weighted by Gasteiger charge is 2.10. The maximum atomic E-state index is 13.4. The lowest BCUT2D eigenvalue weighted by atomic mass is 10.3. The number of aromatic nitrogens is 2. The highest BCUT2D eigenvalue weighted by atomic mass is 35.5. The van der Waals surface area contributed by atoms with Crippen molar-refractivity contribution in [3.05, 3.63) is 52.6 Å². The summed E-state index contributed by atoms with van der Waals surface area (Å²) in [6.07, 6.45) is 0. The molecule has 0 amide bonds. The molecule has 0 N–H and O–H groups in total. The number of hydrogen-bond donors (Lipinski definition) is 0. The van der Waals surface area contributed by atoms with E-state index in [1.807, 2.05) is 0 Å². The van der Waals surface area contributed by atoms with Crippen LogP contribution in [-0.2, 0) is 5.75 Å². The first kappa shape index (κ1) is 13.2. The van der Waals surface area contributed by atoms with Gasteiger partial charge in [0, 0.05) is 4.90 Å². The average Bonchev–Trinajstić information content (AvgIpc) is 2.35. The number of thioether (sulfide) groups is 1. The first-order valence-electron chi connectivity index (χ1n) is 5.14. The molecule has 94 valence electrons. The third-order valence-corrected chi connectivity index (χ3v) is 3.51. The van der Waals surface area contributed by atoms with E-state index in [1.54, 1.807) is 18.2 Å². The molecule has 1 heterocycles. The minimum Gasteiger partial charge on any atom is -0.234 e. The van der Waals surface area contributed by atoms with E-state index in [4.69, 9.17) is 11.6 Å². The summed E-state index contributed by atoms with van der Waals surface area (Å²) in [5.74, 6) is -0.196. The topological polar surface area (TPSA) is 25.8 Å². The smallest absolute Gasteiger partial charge is 0.181 e. The van der Waals surface area contributed by atoms with E-state index >= 15 is 0 Å². The number of aryl methyl sites for hydroxylation is 1. The van der Waals surface area contributed by atoms with Crippen molar-refractivity contribution in [3.63, 3.8) is 0 Å². The van der Waals surface area contributed by atoms with Crippen LogP contribution in [-0.4, -0.2) is 9.97 Å². The minimum absolute atomic E-state index is 0.194. The summed E-state index contributed by atoms with van der Waals surface area (Å²) < 4.78 is 26.6. The Kier molecular flexibility index (Phi) is 4.14. The zero-order chi connectivity index (χ0) is 13.1. The van der Waals surface area contributed by atoms with Crippen LogP contribution in [0.3, 0.4) is 0 Å². The van der Waals surface area contributed by atoms with Crippen molar-refractivity contribution in [1.82, 2.24) is 9.97 Å². The summed E-state index contributed by atoms with van der Waals surface area (Å²) in [7, 11) is 0. The molecule has 2 aromatic rings. The predicted octanol–water partition coefficient (Wildman–Crippen LogP) is 4.01. The second kappa shape index (κ2) is 5.63. The Labute approximate surface area is 112 Å². The maximum Gasteiger partial charge on any atom is 0.181 e. The Morgan fingerprint density at radius 3 is 2.61 bits per heavy atom. The molecule has 1 aromatic carbocycles. The zero-order valence-corrected chi connectivity index (χ0v) is 11.0. The standard InChI is InChI=1S/C12H9ClF2N2S/c1-7-11(15)12(13)17-10(16-7)6-18-9-5-3-2-4-8(9)14/h2-5H,6H2,1H3. The van der Waals surface area contributed by atoms with Crippen LogP contribution in [0.25, 0.3) is 0 Å². The molecular weight excluding hydrogens is 278 g/mol. The maximum absolute atomic E-state index is 13.4. The van der Waals surface area contributed by atoms with Gasteiger partial charge in [-0.1, -0.05) is 23.7 Å². The lowest BCUT2D eigenvalue weighted by molar-refractivity contribution is 0.598. The van der Waals surface area contributed by atoms with Crippen LogP contribution >= 0.6 is 23.4 Å². The summed E-state index contributed by atoms with van der Waals surface area (Å²) in [4.78, 5) is 8.28. The van der Waals surface area contributed by atoms with Crippen LogP contribution in [0.1, 0.15) is 11.5 Å². The molecule has 1 aromatic heterocycles. The van der Waals surface area contributed by atoms with Crippen LogP contribution in [0.15, 0.2) is 29.2 Å². The molecule has 0 bridgehead atoms. The van der Waals surface area contributed by atoms with Gasteiger partial charge in [0.1, 0.15) is 11.6 Å². The first-order valence-corrected chi connectivity index (χ1v) is 6.50. The largest absolute Gasteiger partial charge is 0.234 e. The molecule has 0 fully saturated rings. The van der Waals surface area contributed by atoms with Gasteiger partial charge < -0.3 is 0 Å². The Morgan fingerprint density at radius 1 is 1.22 bits per heavy atom. The molecule has 6 heteroatoms. The molecule has 0 aliphatic rings. The summed E-state index contributed by atoms with van der Waals surface area (Å²) in [6.45, 7) is 1.51. The highest BCUT2D eigenvalue weighted by Crippen LogP contribution is 2.25. The third kappa shape index (κ3) is 2.97. The normalized spacial score (nSPS) is 10.7. The zero-order valence-electron chi connectivity index (χ0n) is 9.45. The molecule has 0 saturated carbocycles. The highest BCUT2D eigenvalue weighted by molar-refractivity contribution is 7.98. The fourth-order valence-electron chi connectivity index (χ4n) is 1.35. The lowest BCUT2D eigenvalue weighted by Crippen LogP contribution is -2.00. The molecule has 0 radical (unpaired) electrons. The fraction of sp³-hybridized carbons (Fsp3) is 0.167. The van der Waals surface area contributed by atoms with Crippen molar-refractivity contribution in [2.45, 2.75) is 17.6 Å². The Morgan fingerprint density at radius 2 is 1.94 bits per heavy atom. The summed E-state index contributed by atoms with van der Waals surface area (Å²) in [6, 6.07) is 6.41. The molecule has 0 unspecified atom stereocenters. The fourth-order valence-corrected chi connectivity index (χ4v) is 2.38. The molecule has 0 spiro atoms. The SMILES string of the molecule is Cc1nc(CSc2ccccc2F)nc(Cl)c1F. The van der Waals surface area contributed by atoms with Crippen LogP contribution in [0.5, 0.6) is 0 Å². The predicted molar refractivity (Wildman–Crippen MR) is 67.7 cm³/mol.